The molecule has 0 N–H and O–H groups in total. The lowest BCUT2D eigenvalue weighted by atomic mass is 10.2. The summed E-state index contributed by atoms with van der Waals surface area (Å²) in [4.78, 5) is 0. The third kappa shape index (κ3) is 3.50. The molecule has 0 radical (unpaired) electrons. The van der Waals surface area contributed by atoms with Gasteiger partial charge in [-0.15, -0.1) is 0 Å². The molecular weight excluding hydrogens is 267 g/mol. The second-order valence-electron chi connectivity index (χ2n) is 3.17. The Morgan fingerprint density at radius 2 is 2.29 bits per heavy atom. The van der Waals surface area contributed by atoms with Gasteiger partial charge in [-0.05, 0) is 45.8 Å². The van der Waals surface area contributed by atoms with Crippen LogP contribution in [0.25, 0.3) is 0 Å². The van der Waals surface area contributed by atoms with Crippen LogP contribution in [0.1, 0.15) is 6.92 Å². The molecule has 1 atom stereocenters. The first kappa shape index (κ1) is 11.9. The minimum atomic E-state index is -0.272. The lowest BCUT2D eigenvalue weighted by Crippen LogP contribution is -2.09. The van der Waals surface area contributed by atoms with Crippen LogP contribution < -0.4 is 4.74 Å². The second kappa shape index (κ2) is 5.61. The van der Waals surface area contributed by atoms with Gasteiger partial charge in [0.25, 0.3) is 0 Å². The molecule has 1 rings (SSSR count). The zero-order valence-corrected chi connectivity index (χ0v) is 10.3. The molecule has 1 aromatic rings. The first-order chi connectivity index (χ1) is 6.63. The van der Waals surface area contributed by atoms with E-state index in [1.807, 2.05) is 6.92 Å². The normalized spacial score (nSPS) is 12.6. The molecule has 0 saturated heterocycles. The van der Waals surface area contributed by atoms with Crippen molar-refractivity contribution in [3.63, 3.8) is 0 Å². The molecule has 0 heterocycles. The predicted octanol–water partition coefficient (Wildman–Crippen LogP) is 3.53. The fraction of sp³-hybridized carbons (Fsp3) is 0.400. The molecule has 0 saturated carbocycles. The smallest absolute Gasteiger partial charge is 0.133 e. The third-order valence-electron chi connectivity index (χ3n) is 1.73. The van der Waals surface area contributed by atoms with Gasteiger partial charge >= 0.3 is 0 Å². The van der Waals surface area contributed by atoms with Gasteiger partial charge in [0.2, 0.25) is 0 Å². The molecule has 0 aliphatic rings. The Bertz CT molecular complexity index is 306. The molecule has 0 bridgehead atoms. The van der Waals surface area contributed by atoms with Crippen molar-refractivity contribution < 1.29 is 9.13 Å². The number of thiol groups is 1. The van der Waals surface area contributed by atoms with Crippen LogP contribution >= 0.6 is 28.6 Å². The SMILES string of the molecule is CC(CS)COc1ccc(F)cc1Br. The lowest BCUT2D eigenvalue weighted by Gasteiger charge is -2.11. The number of benzene rings is 1. The fourth-order valence-electron chi connectivity index (χ4n) is 0.877. The van der Waals surface area contributed by atoms with E-state index >= 15 is 0 Å². The number of ether oxygens (including phenoxy) is 1. The first-order valence-corrected chi connectivity index (χ1v) is 5.74. The summed E-state index contributed by atoms with van der Waals surface area (Å²) in [5.74, 6) is 1.56. The van der Waals surface area contributed by atoms with Crippen molar-refractivity contribution in [2.24, 2.45) is 5.92 Å². The van der Waals surface area contributed by atoms with E-state index in [-0.39, 0.29) is 5.82 Å². The van der Waals surface area contributed by atoms with E-state index in [0.29, 0.717) is 22.7 Å². The molecule has 0 fully saturated rings. The molecule has 14 heavy (non-hydrogen) atoms. The predicted molar refractivity (Wildman–Crippen MR) is 62.6 cm³/mol. The van der Waals surface area contributed by atoms with Crippen LogP contribution in [-0.4, -0.2) is 12.4 Å². The van der Waals surface area contributed by atoms with Crippen LogP contribution in [0, 0.1) is 11.7 Å². The van der Waals surface area contributed by atoms with Crippen molar-refractivity contribution in [2.45, 2.75) is 6.92 Å². The third-order valence-corrected chi connectivity index (χ3v) is 2.97. The average molecular weight is 279 g/mol. The molecule has 1 unspecified atom stereocenters. The minimum absolute atomic E-state index is 0.272. The Morgan fingerprint density at radius 1 is 1.57 bits per heavy atom. The molecular formula is C10H12BrFOS. The highest BCUT2D eigenvalue weighted by Crippen LogP contribution is 2.25. The summed E-state index contributed by atoms with van der Waals surface area (Å²) in [6.45, 7) is 2.64. The van der Waals surface area contributed by atoms with Crippen molar-refractivity contribution in [2.75, 3.05) is 12.4 Å². The fourth-order valence-corrected chi connectivity index (χ4v) is 1.45. The maximum absolute atomic E-state index is 12.7. The van der Waals surface area contributed by atoms with Crippen molar-refractivity contribution in [3.8, 4) is 5.75 Å². The largest absolute Gasteiger partial charge is 0.492 e. The van der Waals surface area contributed by atoms with Gasteiger partial charge in [-0.2, -0.15) is 12.6 Å². The highest BCUT2D eigenvalue weighted by molar-refractivity contribution is 9.10. The van der Waals surface area contributed by atoms with Gasteiger partial charge in [-0.25, -0.2) is 4.39 Å². The van der Waals surface area contributed by atoms with Crippen LogP contribution in [0.2, 0.25) is 0 Å². The van der Waals surface area contributed by atoms with Crippen LogP contribution in [-0.2, 0) is 0 Å². The Balaban J connectivity index is 2.59. The molecule has 0 aromatic heterocycles. The summed E-state index contributed by atoms with van der Waals surface area (Å²) in [5.41, 5.74) is 0. The van der Waals surface area contributed by atoms with E-state index in [4.69, 9.17) is 4.74 Å². The zero-order chi connectivity index (χ0) is 10.6. The van der Waals surface area contributed by atoms with Gasteiger partial charge in [0.05, 0.1) is 11.1 Å². The standard InChI is InChI=1S/C10H12BrFOS/c1-7(6-14)5-13-10-3-2-8(12)4-9(10)11/h2-4,7,14H,5-6H2,1H3. The van der Waals surface area contributed by atoms with Gasteiger partial charge < -0.3 is 4.74 Å². The van der Waals surface area contributed by atoms with E-state index in [9.17, 15) is 4.39 Å². The summed E-state index contributed by atoms with van der Waals surface area (Å²) in [7, 11) is 0. The van der Waals surface area contributed by atoms with Crippen molar-refractivity contribution in [1.29, 1.82) is 0 Å². The van der Waals surface area contributed by atoms with Gasteiger partial charge in [-0.3, -0.25) is 0 Å². The lowest BCUT2D eigenvalue weighted by molar-refractivity contribution is 0.272. The molecule has 0 aliphatic carbocycles. The number of hydrogen-bond acceptors (Lipinski definition) is 2. The molecule has 78 valence electrons. The maximum Gasteiger partial charge on any atom is 0.133 e. The summed E-state index contributed by atoms with van der Waals surface area (Å²) in [6, 6.07) is 4.39. The van der Waals surface area contributed by atoms with E-state index in [2.05, 4.69) is 28.6 Å². The molecule has 1 nitrogen and oxygen atoms in total. The van der Waals surface area contributed by atoms with E-state index in [0.717, 1.165) is 5.75 Å². The molecule has 0 spiro atoms. The van der Waals surface area contributed by atoms with Gasteiger partial charge in [0.15, 0.2) is 0 Å². The minimum Gasteiger partial charge on any atom is -0.492 e. The Hall–Kier alpha value is -0.220. The highest BCUT2D eigenvalue weighted by Gasteiger charge is 2.04. The van der Waals surface area contributed by atoms with Crippen LogP contribution in [0.5, 0.6) is 5.75 Å². The molecule has 0 amide bonds. The summed E-state index contributed by atoms with van der Waals surface area (Å²) in [5, 5.41) is 0. The van der Waals surface area contributed by atoms with Crippen molar-refractivity contribution in [3.05, 3.63) is 28.5 Å². The number of halogens is 2. The summed E-state index contributed by atoms with van der Waals surface area (Å²) < 4.78 is 18.8. The Morgan fingerprint density at radius 3 is 2.86 bits per heavy atom. The zero-order valence-electron chi connectivity index (χ0n) is 7.84. The molecule has 0 aliphatic heterocycles. The summed E-state index contributed by atoms with van der Waals surface area (Å²) in [6.07, 6.45) is 0. The van der Waals surface area contributed by atoms with E-state index in [1.54, 1.807) is 6.07 Å². The number of hydrogen-bond donors (Lipinski definition) is 1. The second-order valence-corrected chi connectivity index (χ2v) is 4.39. The van der Waals surface area contributed by atoms with E-state index in [1.165, 1.54) is 12.1 Å². The van der Waals surface area contributed by atoms with Crippen molar-refractivity contribution >= 4 is 28.6 Å². The summed E-state index contributed by atoms with van der Waals surface area (Å²) >= 11 is 7.39. The van der Waals surface area contributed by atoms with Gasteiger partial charge in [0.1, 0.15) is 11.6 Å². The monoisotopic (exact) mass is 278 g/mol. The number of rotatable bonds is 4. The first-order valence-electron chi connectivity index (χ1n) is 4.32. The van der Waals surface area contributed by atoms with Crippen LogP contribution in [0.3, 0.4) is 0 Å². The van der Waals surface area contributed by atoms with Gasteiger partial charge in [-0.1, -0.05) is 6.92 Å². The topological polar surface area (TPSA) is 9.23 Å². The van der Waals surface area contributed by atoms with Gasteiger partial charge in [0, 0.05) is 0 Å². The Kier molecular flexibility index (Phi) is 4.75. The average Bonchev–Trinajstić information content (AvgIpc) is 2.16. The molecule has 4 heteroatoms. The molecule has 1 aromatic carbocycles. The van der Waals surface area contributed by atoms with Crippen molar-refractivity contribution in [1.82, 2.24) is 0 Å². The highest BCUT2D eigenvalue weighted by atomic mass is 79.9. The van der Waals surface area contributed by atoms with Crippen LogP contribution in [0.4, 0.5) is 4.39 Å². The van der Waals surface area contributed by atoms with E-state index < -0.39 is 0 Å². The Labute approximate surface area is 97.2 Å². The maximum atomic E-state index is 12.7. The van der Waals surface area contributed by atoms with Crippen LogP contribution in [0.15, 0.2) is 22.7 Å². The quantitative estimate of drug-likeness (QED) is 0.829.